The van der Waals surface area contributed by atoms with E-state index in [-0.39, 0.29) is 11.9 Å². The van der Waals surface area contributed by atoms with Gasteiger partial charge in [-0.15, -0.1) is 10.2 Å². The lowest BCUT2D eigenvalue weighted by Crippen LogP contribution is -2.41. The van der Waals surface area contributed by atoms with Crippen LogP contribution in [0.2, 0.25) is 0 Å². The van der Waals surface area contributed by atoms with Gasteiger partial charge in [0.15, 0.2) is 11.6 Å². The summed E-state index contributed by atoms with van der Waals surface area (Å²) in [4.78, 5) is 18.9. The molecule has 9 heteroatoms. The van der Waals surface area contributed by atoms with Crippen molar-refractivity contribution in [1.29, 1.82) is 0 Å². The largest absolute Gasteiger partial charge is 0.377 e. The number of carbonyl (C=O) groups is 1. The third-order valence-corrected chi connectivity index (χ3v) is 4.46. The van der Waals surface area contributed by atoms with Crippen molar-refractivity contribution in [1.82, 2.24) is 34.4 Å². The molecule has 1 amide bonds. The van der Waals surface area contributed by atoms with E-state index in [0.29, 0.717) is 30.9 Å². The maximum atomic E-state index is 13.2. The summed E-state index contributed by atoms with van der Waals surface area (Å²) in [5.41, 5.74) is 1.28. The van der Waals surface area contributed by atoms with E-state index in [1.54, 1.807) is 29.1 Å². The minimum Gasteiger partial charge on any atom is -0.377 e. The number of hydrogen-bond acceptors (Lipinski definition) is 6. The Morgan fingerprint density at radius 1 is 1.31 bits per heavy atom. The van der Waals surface area contributed by atoms with Crippen LogP contribution in [0.5, 0.6) is 0 Å². The minimum atomic E-state index is -0.0644. The molecule has 1 aliphatic rings. The highest BCUT2D eigenvalue weighted by atomic mass is 16.5. The second-order valence-corrected chi connectivity index (χ2v) is 6.23. The highest BCUT2D eigenvalue weighted by Gasteiger charge is 2.30. The van der Waals surface area contributed by atoms with E-state index >= 15 is 0 Å². The first-order valence-electron chi connectivity index (χ1n) is 8.34. The summed E-state index contributed by atoms with van der Waals surface area (Å²) in [6.45, 7) is 3.44. The lowest BCUT2D eigenvalue weighted by atomic mass is 10.1. The Bertz CT molecular complexity index is 919. The second kappa shape index (κ2) is 6.68. The van der Waals surface area contributed by atoms with Gasteiger partial charge in [-0.05, 0) is 19.1 Å². The van der Waals surface area contributed by atoms with Crippen LogP contribution in [0.25, 0.3) is 5.69 Å². The Balaban J connectivity index is 1.64. The van der Waals surface area contributed by atoms with Gasteiger partial charge in [0.1, 0.15) is 19.3 Å². The molecule has 3 heterocycles. The Morgan fingerprint density at radius 3 is 2.92 bits per heavy atom. The van der Waals surface area contributed by atoms with E-state index in [2.05, 4.69) is 31.8 Å². The smallest absolute Gasteiger partial charge is 0.256 e. The topological polar surface area (TPSA) is 91.0 Å². The van der Waals surface area contributed by atoms with Crippen LogP contribution in [0.3, 0.4) is 0 Å². The van der Waals surface area contributed by atoms with Gasteiger partial charge in [-0.1, -0.05) is 12.1 Å². The summed E-state index contributed by atoms with van der Waals surface area (Å²) in [6, 6.07) is 7.45. The van der Waals surface area contributed by atoms with Gasteiger partial charge < -0.3 is 14.2 Å². The fourth-order valence-corrected chi connectivity index (χ4v) is 3.35. The molecule has 134 valence electrons. The zero-order chi connectivity index (χ0) is 18.1. The van der Waals surface area contributed by atoms with Gasteiger partial charge in [-0.3, -0.25) is 4.79 Å². The van der Waals surface area contributed by atoms with Crippen LogP contribution >= 0.6 is 0 Å². The first-order valence-corrected chi connectivity index (χ1v) is 8.34. The van der Waals surface area contributed by atoms with Crippen molar-refractivity contribution in [3.63, 3.8) is 0 Å². The molecule has 2 aromatic heterocycles. The summed E-state index contributed by atoms with van der Waals surface area (Å²) in [5.74, 6) is 1.48. The van der Waals surface area contributed by atoms with Crippen LogP contribution in [0.15, 0.2) is 36.9 Å². The number of methoxy groups -OCH3 is 1. The molecule has 0 unspecified atom stereocenters. The van der Waals surface area contributed by atoms with E-state index in [9.17, 15) is 4.79 Å². The maximum Gasteiger partial charge on any atom is 0.256 e. The molecular formula is C17H19N7O2. The zero-order valence-electron chi connectivity index (χ0n) is 14.6. The highest BCUT2D eigenvalue weighted by Crippen LogP contribution is 2.24. The summed E-state index contributed by atoms with van der Waals surface area (Å²) >= 11 is 0. The molecule has 0 saturated heterocycles. The van der Waals surface area contributed by atoms with Gasteiger partial charge in [0.25, 0.3) is 5.91 Å². The Hall–Kier alpha value is -3.07. The monoisotopic (exact) mass is 353 g/mol. The number of ether oxygens (including phenoxy) is 1. The average molecular weight is 353 g/mol. The molecule has 1 aromatic carbocycles. The predicted molar refractivity (Wildman–Crippen MR) is 91.5 cm³/mol. The Labute approximate surface area is 150 Å². The predicted octanol–water partition coefficient (Wildman–Crippen LogP) is 1.22. The summed E-state index contributed by atoms with van der Waals surface area (Å²) in [5, 5.41) is 12.6. The van der Waals surface area contributed by atoms with Crippen molar-refractivity contribution in [2.45, 2.75) is 26.1 Å². The molecule has 26 heavy (non-hydrogen) atoms. The summed E-state index contributed by atoms with van der Waals surface area (Å²) in [6.07, 6.45) is 3.03. The SMILES string of the molecule is COCc1nnc2n1[C@@H](C)CN(C(=O)c1ccccc1-n1cncn1)C2. The molecular weight excluding hydrogens is 334 g/mol. The molecule has 0 fully saturated rings. The minimum absolute atomic E-state index is 0.0644. The van der Waals surface area contributed by atoms with E-state index in [4.69, 9.17) is 4.74 Å². The fourth-order valence-electron chi connectivity index (χ4n) is 3.35. The van der Waals surface area contributed by atoms with Crippen LogP contribution in [0.1, 0.15) is 35.0 Å². The molecule has 1 aliphatic heterocycles. The average Bonchev–Trinajstić information content (AvgIpc) is 3.32. The van der Waals surface area contributed by atoms with Crippen LogP contribution in [-0.4, -0.2) is 54.0 Å². The molecule has 0 spiro atoms. The molecule has 0 bridgehead atoms. The number of fused-ring (bicyclic) bond motifs is 1. The third kappa shape index (κ3) is 2.76. The highest BCUT2D eigenvalue weighted by molar-refractivity contribution is 5.97. The van der Waals surface area contributed by atoms with Gasteiger partial charge in [0.05, 0.1) is 23.8 Å². The number of carbonyl (C=O) groups excluding carboxylic acids is 1. The van der Waals surface area contributed by atoms with Gasteiger partial charge in [0, 0.05) is 13.7 Å². The van der Waals surface area contributed by atoms with Crippen LogP contribution in [0, 0.1) is 0 Å². The summed E-state index contributed by atoms with van der Waals surface area (Å²) in [7, 11) is 1.63. The second-order valence-electron chi connectivity index (χ2n) is 6.23. The standard InChI is InChI=1S/C17H19N7O2/c1-12-7-22(8-15-20-21-16(9-26-2)24(12)15)17(25)13-5-3-4-6-14(13)23-11-18-10-19-23/h3-6,10-12H,7-9H2,1-2H3/t12-/m0/s1. The normalized spacial score (nSPS) is 16.5. The Kier molecular flexibility index (Phi) is 4.21. The van der Waals surface area contributed by atoms with Crippen molar-refractivity contribution in [3.8, 4) is 5.69 Å². The number of benzene rings is 1. The van der Waals surface area contributed by atoms with E-state index < -0.39 is 0 Å². The zero-order valence-corrected chi connectivity index (χ0v) is 14.6. The number of amides is 1. The first kappa shape index (κ1) is 16.4. The van der Waals surface area contributed by atoms with Crippen molar-refractivity contribution in [3.05, 3.63) is 54.1 Å². The fraction of sp³-hybridized carbons (Fsp3) is 0.353. The van der Waals surface area contributed by atoms with E-state index in [1.165, 1.54) is 6.33 Å². The molecule has 0 saturated carbocycles. The van der Waals surface area contributed by atoms with Crippen molar-refractivity contribution < 1.29 is 9.53 Å². The van der Waals surface area contributed by atoms with Crippen LogP contribution in [-0.2, 0) is 17.9 Å². The first-order chi connectivity index (χ1) is 12.7. The summed E-state index contributed by atoms with van der Waals surface area (Å²) < 4.78 is 8.83. The van der Waals surface area contributed by atoms with Gasteiger partial charge >= 0.3 is 0 Å². The number of hydrogen-bond donors (Lipinski definition) is 0. The lowest BCUT2D eigenvalue weighted by Gasteiger charge is -2.33. The Morgan fingerprint density at radius 2 is 2.15 bits per heavy atom. The van der Waals surface area contributed by atoms with Gasteiger partial charge in [-0.25, -0.2) is 9.67 Å². The molecule has 1 atom stereocenters. The van der Waals surface area contributed by atoms with Crippen molar-refractivity contribution in [2.24, 2.45) is 0 Å². The van der Waals surface area contributed by atoms with Crippen molar-refractivity contribution in [2.75, 3.05) is 13.7 Å². The third-order valence-electron chi connectivity index (χ3n) is 4.46. The van der Waals surface area contributed by atoms with Crippen LogP contribution < -0.4 is 0 Å². The molecule has 3 aromatic rings. The van der Waals surface area contributed by atoms with Crippen molar-refractivity contribution >= 4 is 5.91 Å². The van der Waals surface area contributed by atoms with Gasteiger partial charge in [-0.2, -0.15) is 5.10 Å². The number of para-hydroxylation sites is 1. The lowest BCUT2D eigenvalue weighted by molar-refractivity contribution is 0.0675. The molecule has 4 rings (SSSR count). The van der Waals surface area contributed by atoms with E-state index in [1.807, 2.05) is 18.2 Å². The van der Waals surface area contributed by atoms with E-state index in [0.717, 1.165) is 11.6 Å². The molecule has 0 N–H and O–H groups in total. The van der Waals surface area contributed by atoms with Crippen LogP contribution in [0.4, 0.5) is 0 Å². The molecule has 0 aliphatic carbocycles. The van der Waals surface area contributed by atoms with Gasteiger partial charge in [0.2, 0.25) is 0 Å². The number of nitrogens with zero attached hydrogens (tertiary/aromatic N) is 7. The maximum absolute atomic E-state index is 13.2. The molecule has 9 nitrogen and oxygen atoms in total. The molecule has 0 radical (unpaired) electrons. The number of aromatic nitrogens is 6. The quantitative estimate of drug-likeness (QED) is 0.700. The number of rotatable bonds is 4.